The predicted octanol–water partition coefficient (Wildman–Crippen LogP) is 4.17. The van der Waals surface area contributed by atoms with Crippen LogP contribution in [0.3, 0.4) is 0 Å². The molecular weight excluding hydrogens is 279 g/mol. The van der Waals surface area contributed by atoms with Gasteiger partial charge in [0.05, 0.1) is 11.7 Å². The maximum atomic E-state index is 13.3. The van der Waals surface area contributed by atoms with Crippen molar-refractivity contribution in [2.45, 2.75) is 45.0 Å². The Bertz CT molecular complexity index is 461. The molecule has 3 unspecified atom stereocenters. The van der Waals surface area contributed by atoms with Gasteiger partial charge in [0.15, 0.2) is 0 Å². The van der Waals surface area contributed by atoms with E-state index in [4.69, 9.17) is 4.74 Å². The van der Waals surface area contributed by atoms with Crippen molar-refractivity contribution in [2.24, 2.45) is 5.92 Å². The molecule has 118 valence electrons. The second kappa shape index (κ2) is 6.79. The molecule has 0 amide bonds. The zero-order valence-corrected chi connectivity index (χ0v) is 12.4. The van der Waals surface area contributed by atoms with Crippen LogP contribution in [0.1, 0.15) is 43.9 Å². The van der Waals surface area contributed by atoms with E-state index in [0.717, 1.165) is 18.9 Å². The number of ether oxygens (including phenoxy) is 1. The molecule has 0 bridgehead atoms. The smallest absolute Gasteiger partial charge is 0.378 e. The van der Waals surface area contributed by atoms with Crippen LogP contribution in [0, 0.1) is 5.92 Å². The fraction of sp³-hybridized carbons (Fsp3) is 0.625. The van der Waals surface area contributed by atoms with Crippen molar-refractivity contribution in [3.63, 3.8) is 0 Å². The number of rotatable bonds is 5. The van der Waals surface area contributed by atoms with Crippen molar-refractivity contribution < 1.29 is 17.9 Å². The average molecular weight is 301 g/mol. The maximum absolute atomic E-state index is 13.3. The van der Waals surface area contributed by atoms with E-state index in [1.807, 2.05) is 13.8 Å². The van der Waals surface area contributed by atoms with E-state index >= 15 is 0 Å². The van der Waals surface area contributed by atoms with Gasteiger partial charge in [-0.3, -0.25) is 0 Å². The van der Waals surface area contributed by atoms with Crippen molar-refractivity contribution >= 4 is 0 Å². The molecular formula is C16H22F3NO. The minimum absolute atomic E-state index is 0.0272. The fourth-order valence-corrected chi connectivity index (χ4v) is 3.00. The summed E-state index contributed by atoms with van der Waals surface area (Å²) in [6, 6.07) is 5.54. The topological polar surface area (TPSA) is 21.3 Å². The molecule has 0 radical (unpaired) electrons. The van der Waals surface area contributed by atoms with Gasteiger partial charge in [0, 0.05) is 18.6 Å². The second-order valence-corrected chi connectivity index (χ2v) is 5.55. The molecule has 0 saturated carbocycles. The Balaban J connectivity index is 2.36. The predicted molar refractivity (Wildman–Crippen MR) is 76.0 cm³/mol. The number of benzene rings is 1. The van der Waals surface area contributed by atoms with Crippen molar-refractivity contribution in [1.82, 2.24) is 5.32 Å². The zero-order valence-electron chi connectivity index (χ0n) is 12.4. The monoisotopic (exact) mass is 301 g/mol. The minimum Gasteiger partial charge on any atom is -0.378 e. The van der Waals surface area contributed by atoms with Crippen LogP contribution in [-0.2, 0) is 10.9 Å². The van der Waals surface area contributed by atoms with Crippen LogP contribution in [0.25, 0.3) is 0 Å². The van der Waals surface area contributed by atoms with Gasteiger partial charge in [-0.05, 0) is 37.9 Å². The first-order chi connectivity index (χ1) is 9.95. The molecule has 1 aromatic rings. The first kappa shape index (κ1) is 16.3. The Morgan fingerprint density at radius 2 is 2.05 bits per heavy atom. The lowest BCUT2D eigenvalue weighted by Crippen LogP contribution is -2.34. The van der Waals surface area contributed by atoms with Crippen LogP contribution in [0.2, 0.25) is 0 Å². The van der Waals surface area contributed by atoms with Gasteiger partial charge in [-0.25, -0.2) is 0 Å². The van der Waals surface area contributed by atoms with Crippen molar-refractivity contribution in [2.75, 3.05) is 13.2 Å². The SMILES string of the molecule is CCCNC(c1ccccc1C(F)(F)F)C1CCOC1C. The summed E-state index contributed by atoms with van der Waals surface area (Å²) in [6.07, 6.45) is -2.69. The van der Waals surface area contributed by atoms with E-state index in [-0.39, 0.29) is 18.1 Å². The summed E-state index contributed by atoms with van der Waals surface area (Å²) >= 11 is 0. The van der Waals surface area contributed by atoms with Crippen molar-refractivity contribution in [1.29, 1.82) is 0 Å². The van der Waals surface area contributed by atoms with Crippen LogP contribution in [-0.4, -0.2) is 19.3 Å². The Kier molecular flexibility index (Phi) is 5.27. The van der Waals surface area contributed by atoms with E-state index in [1.54, 1.807) is 12.1 Å². The number of hydrogen-bond donors (Lipinski definition) is 1. The first-order valence-corrected chi connectivity index (χ1v) is 7.46. The van der Waals surface area contributed by atoms with Crippen LogP contribution < -0.4 is 5.32 Å². The molecule has 1 aliphatic rings. The molecule has 3 atom stereocenters. The zero-order chi connectivity index (χ0) is 15.5. The number of halogens is 3. The molecule has 5 heteroatoms. The summed E-state index contributed by atoms with van der Waals surface area (Å²) in [5.74, 6) is 0.0695. The fourth-order valence-electron chi connectivity index (χ4n) is 3.00. The van der Waals surface area contributed by atoms with Gasteiger partial charge >= 0.3 is 6.18 Å². The highest BCUT2D eigenvalue weighted by atomic mass is 19.4. The van der Waals surface area contributed by atoms with Gasteiger partial charge in [-0.15, -0.1) is 0 Å². The van der Waals surface area contributed by atoms with Crippen molar-refractivity contribution in [3.05, 3.63) is 35.4 Å². The van der Waals surface area contributed by atoms with E-state index in [9.17, 15) is 13.2 Å². The largest absolute Gasteiger partial charge is 0.416 e. The standard InChI is InChI=1S/C16H22F3NO/c1-3-9-20-15(12-8-10-21-11(12)2)13-6-4-5-7-14(13)16(17,18)19/h4-7,11-12,15,20H,3,8-10H2,1-2H3. The highest BCUT2D eigenvalue weighted by Gasteiger charge is 2.39. The summed E-state index contributed by atoms with van der Waals surface area (Å²) in [7, 11) is 0. The molecule has 0 aliphatic carbocycles. The quantitative estimate of drug-likeness (QED) is 0.881. The molecule has 1 fully saturated rings. The summed E-state index contributed by atoms with van der Waals surface area (Å²) in [5.41, 5.74) is -0.210. The molecule has 2 rings (SSSR count). The molecule has 0 spiro atoms. The summed E-state index contributed by atoms with van der Waals surface area (Å²) < 4.78 is 45.3. The Hall–Kier alpha value is -1.07. The normalized spacial score (nSPS) is 24.2. The Labute approximate surface area is 123 Å². The van der Waals surface area contributed by atoms with Crippen LogP contribution >= 0.6 is 0 Å². The van der Waals surface area contributed by atoms with Crippen LogP contribution in [0.5, 0.6) is 0 Å². The molecule has 1 N–H and O–H groups in total. The highest BCUT2D eigenvalue weighted by Crippen LogP contribution is 2.40. The average Bonchev–Trinajstić information content (AvgIpc) is 2.85. The van der Waals surface area contributed by atoms with Gasteiger partial charge in [0.25, 0.3) is 0 Å². The Morgan fingerprint density at radius 3 is 2.62 bits per heavy atom. The van der Waals surface area contributed by atoms with Crippen LogP contribution in [0.15, 0.2) is 24.3 Å². The second-order valence-electron chi connectivity index (χ2n) is 5.55. The van der Waals surface area contributed by atoms with E-state index < -0.39 is 11.7 Å². The molecule has 1 heterocycles. The maximum Gasteiger partial charge on any atom is 0.416 e. The molecule has 21 heavy (non-hydrogen) atoms. The lowest BCUT2D eigenvalue weighted by Gasteiger charge is -2.29. The van der Waals surface area contributed by atoms with Crippen molar-refractivity contribution in [3.8, 4) is 0 Å². The van der Waals surface area contributed by atoms with Gasteiger partial charge in [-0.1, -0.05) is 25.1 Å². The minimum atomic E-state index is -4.33. The lowest BCUT2D eigenvalue weighted by atomic mass is 9.85. The number of nitrogens with one attached hydrogen (secondary N) is 1. The summed E-state index contributed by atoms with van der Waals surface area (Å²) in [6.45, 7) is 5.26. The first-order valence-electron chi connectivity index (χ1n) is 7.46. The van der Waals surface area contributed by atoms with E-state index in [1.165, 1.54) is 6.07 Å². The number of alkyl halides is 3. The molecule has 2 nitrogen and oxygen atoms in total. The van der Waals surface area contributed by atoms with Gasteiger partial charge in [0.1, 0.15) is 0 Å². The lowest BCUT2D eigenvalue weighted by molar-refractivity contribution is -0.138. The van der Waals surface area contributed by atoms with Crippen LogP contribution in [0.4, 0.5) is 13.2 Å². The van der Waals surface area contributed by atoms with Gasteiger partial charge in [0.2, 0.25) is 0 Å². The molecule has 1 aromatic carbocycles. The molecule has 1 saturated heterocycles. The van der Waals surface area contributed by atoms with E-state index in [0.29, 0.717) is 18.7 Å². The molecule has 1 aliphatic heterocycles. The highest BCUT2D eigenvalue weighted by molar-refractivity contribution is 5.33. The third-order valence-corrected chi connectivity index (χ3v) is 4.08. The third-order valence-electron chi connectivity index (χ3n) is 4.08. The summed E-state index contributed by atoms with van der Waals surface area (Å²) in [5, 5.41) is 3.29. The third kappa shape index (κ3) is 3.77. The molecule has 0 aromatic heterocycles. The van der Waals surface area contributed by atoms with Gasteiger partial charge in [-0.2, -0.15) is 13.2 Å². The van der Waals surface area contributed by atoms with Gasteiger partial charge < -0.3 is 10.1 Å². The Morgan fingerprint density at radius 1 is 1.33 bits per heavy atom. The number of hydrogen-bond acceptors (Lipinski definition) is 2. The van der Waals surface area contributed by atoms with E-state index in [2.05, 4.69) is 5.32 Å². The summed E-state index contributed by atoms with van der Waals surface area (Å²) in [4.78, 5) is 0.